The molecule has 0 rings (SSSR count). The lowest BCUT2D eigenvalue weighted by molar-refractivity contribution is -0.167. The van der Waals surface area contributed by atoms with Crippen LogP contribution in [0.2, 0.25) is 0 Å². The minimum atomic E-state index is -0.789. The van der Waals surface area contributed by atoms with Gasteiger partial charge >= 0.3 is 17.9 Å². The van der Waals surface area contributed by atoms with E-state index >= 15 is 0 Å². The summed E-state index contributed by atoms with van der Waals surface area (Å²) in [6.07, 6.45) is 68.9. The number of ether oxygens (including phenoxy) is 3. The summed E-state index contributed by atoms with van der Waals surface area (Å²) in [6.45, 7) is 6.50. The highest BCUT2D eigenvalue weighted by molar-refractivity contribution is 5.71. The predicted octanol–water partition coefficient (Wildman–Crippen LogP) is 18.6. The quantitative estimate of drug-likeness (QED) is 0.0262. The van der Waals surface area contributed by atoms with Crippen LogP contribution in [-0.4, -0.2) is 37.2 Å². The summed E-state index contributed by atoms with van der Waals surface area (Å²) in [7, 11) is 0. The molecule has 0 aliphatic heterocycles. The second-order valence-corrected chi connectivity index (χ2v) is 18.5. The van der Waals surface area contributed by atoms with E-state index in [4.69, 9.17) is 14.2 Å². The van der Waals surface area contributed by atoms with E-state index in [2.05, 4.69) is 93.7 Å². The van der Waals surface area contributed by atoms with E-state index < -0.39 is 6.10 Å². The number of unbranched alkanes of at least 4 members (excludes halogenated alkanes) is 27. The Morgan fingerprint density at radius 2 is 0.591 bits per heavy atom. The van der Waals surface area contributed by atoms with Gasteiger partial charge in [-0.05, 0) is 89.9 Å². The summed E-state index contributed by atoms with van der Waals surface area (Å²) in [6, 6.07) is 0. The molecular weight excluding hydrogens is 817 g/mol. The molecule has 0 heterocycles. The summed E-state index contributed by atoms with van der Waals surface area (Å²) < 4.78 is 16.8. The highest BCUT2D eigenvalue weighted by Gasteiger charge is 2.19. The number of rotatable bonds is 50. The van der Waals surface area contributed by atoms with Gasteiger partial charge in [0.25, 0.3) is 0 Å². The van der Waals surface area contributed by atoms with Crippen molar-refractivity contribution in [2.45, 2.75) is 277 Å². The van der Waals surface area contributed by atoms with Crippen molar-refractivity contribution >= 4 is 17.9 Å². The second-order valence-electron chi connectivity index (χ2n) is 18.5. The summed E-state index contributed by atoms with van der Waals surface area (Å²) in [5.74, 6) is -0.918. The highest BCUT2D eigenvalue weighted by atomic mass is 16.6. The molecule has 0 saturated carbocycles. The first-order valence-electron chi connectivity index (χ1n) is 27.9. The fraction of sp³-hybridized carbons (Fsp3) is 0.750. The fourth-order valence-electron chi connectivity index (χ4n) is 7.76. The molecule has 380 valence electrons. The normalized spacial score (nSPS) is 12.6. The zero-order chi connectivity index (χ0) is 47.9. The molecular formula is C60H104O6. The molecule has 1 atom stereocenters. The van der Waals surface area contributed by atoms with Gasteiger partial charge in [-0.15, -0.1) is 0 Å². The van der Waals surface area contributed by atoms with Gasteiger partial charge in [0.2, 0.25) is 0 Å². The average Bonchev–Trinajstić information content (AvgIpc) is 3.31. The Morgan fingerprint density at radius 3 is 0.955 bits per heavy atom. The van der Waals surface area contributed by atoms with Gasteiger partial charge in [-0.25, -0.2) is 0 Å². The smallest absolute Gasteiger partial charge is 0.306 e. The maximum atomic E-state index is 12.8. The van der Waals surface area contributed by atoms with Crippen LogP contribution < -0.4 is 0 Å². The van der Waals surface area contributed by atoms with E-state index in [1.54, 1.807) is 0 Å². The van der Waals surface area contributed by atoms with Gasteiger partial charge in [-0.1, -0.05) is 235 Å². The van der Waals surface area contributed by atoms with Crippen LogP contribution in [0.1, 0.15) is 271 Å². The fourth-order valence-corrected chi connectivity index (χ4v) is 7.76. The molecule has 6 heteroatoms. The van der Waals surface area contributed by atoms with Gasteiger partial charge in [0.15, 0.2) is 6.10 Å². The lowest BCUT2D eigenvalue weighted by Gasteiger charge is -2.18. The Kier molecular flexibility index (Phi) is 51.9. The number of esters is 3. The van der Waals surface area contributed by atoms with Gasteiger partial charge in [0.05, 0.1) is 0 Å². The van der Waals surface area contributed by atoms with Crippen LogP contribution in [0.3, 0.4) is 0 Å². The zero-order valence-electron chi connectivity index (χ0n) is 43.4. The summed E-state index contributed by atoms with van der Waals surface area (Å²) in [5, 5.41) is 0. The predicted molar refractivity (Wildman–Crippen MR) is 284 cm³/mol. The van der Waals surface area contributed by atoms with Gasteiger partial charge in [-0.2, -0.15) is 0 Å². The SMILES string of the molecule is CC/C=C\C/C=C\C/C=C\C/C=C\C/C=C\CCCCCC(=O)OCC(COC(=O)CCCCCCCCCCCCC)OC(=O)CCCCCCCCC/C=C\CCCCCCCCC. The molecule has 1 unspecified atom stereocenters. The van der Waals surface area contributed by atoms with Crippen LogP contribution in [0, 0.1) is 0 Å². The Bertz CT molecular complexity index is 1240. The van der Waals surface area contributed by atoms with Crippen molar-refractivity contribution in [3.05, 3.63) is 72.9 Å². The summed E-state index contributed by atoms with van der Waals surface area (Å²) in [4.78, 5) is 38.1. The number of allylic oxidation sites excluding steroid dienone is 12. The molecule has 0 aromatic rings. The van der Waals surface area contributed by atoms with Crippen LogP contribution in [0.25, 0.3) is 0 Å². The minimum Gasteiger partial charge on any atom is -0.462 e. The molecule has 0 aliphatic rings. The monoisotopic (exact) mass is 921 g/mol. The largest absolute Gasteiger partial charge is 0.462 e. The van der Waals surface area contributed by atoms with E-state index in [1.807, 2.05) is 0 Å². The molecule has 0 spiro atoms. The van der Waals surface area contributed by atoms with Crippen LogP contribution >= 0.6 is 0 Å². The number of hydrogen-bond donors (Lipinski definition) is 0. The van der Waals surface area contributed by atoms with Crippen molar-refractivity contribution in [2.24, 2.45) is 0 Å². The molecule has 0 saturated heterocycles. The second kappa shape index (κ2) is 54.5. The lowest BCUT2D eigenvalue weighted by Crippen LogP contribution is -2.30. The van der Waals surface area contributed by atoms with Gasteiger partial charge in [0, 0.05) is 19.3 Å². The van der Waals surface area contributed by atoms with E-state index in [9.17, 15) is 14.4 Å². The van der Waals surface area contributed by atoms with Gasteiger partial charge in [-0.3, -0.25) is 14.4 Å². The molecule has 66 heavy (non-hydrogen) atoms. The first-order valence-corrected chi connectivity index (χ1v) is 27.9. The Balaban J connectivity index is 4.40. The maximum Gasteiger partial charge on any atom is 0.306 e. The number of carbonyl (C=O) groups excluding carboxylic acids is 3. The van der Waals surface area contributed by atoms with E-state index in [0.717, 1.165) is 96.3 Å². The lowest BCUT2D eigenvalue weighted by atomic mass is 10.1. The van der Waals surface area contributed by atoms with Crippen LogP contribution in [0.15, 0.2) is 72.9 Å². The van der Waals surface area contributed by atoms with Gasteiger partial charge in [0.1, 0.15) is 13.2 Å². The topological polar surface area (TPSA) is 78.9 Å². The molecule has 0 fully saturated rings. The van der Waals surface area contributed by atoms with E-state index in [0.29, 0.717) is 19.3 Å². The Morgan fingerprint density at radius 1 is 0.318 bits per heavy atom. The summed E-state index contributed by atoms with van der Waals surface area (Å²) in [5.41, 5.74) is 0. The van der Waals surface area contributed by atoms with E-state index in [-0.39, 0.29) is 31.1 Å². The zero-order valence-corrected chi connectivity index (χ0v) is 43.4. The van der Waals surface area contributed by atoms with Crippen molar-refractivity contribution in [1.29, 1.82) is 0 Å². The molecule has 6 nitrogen and oxygen atoms in total. The van der Waals surface area contributed by atoms with Crippen LogP contribution in [0.5, 0.6) is 0 Å². The van der Waals surface area contributed by atoms with Gasteiger partial charge < -0.3 is 14.2 Å². The summed E-state index contributed by atoms with van der Waals surface area (Å²) >= 11 is 0. The molecule has 0 amide bonds. The van der Waals surface area contributed by atoms with E-state index in [1.165, 1.54) is 135 Å². The molecule has 0 aromatic carbocycles. The van der Waals surface area contributed by atoms with Crippen LogP contribution in [0.4, 0.5) is 0 Å². The Labute approximate surface area is 408 Å². The third kappa shape index (κ3) is 51.8. The van der Waals surface area contributed by atoms with Crippen molar-refractivity contribution < 1.29 is 28.6 Å². The molecule has 0 N–H and O–H groups in total. The molecule has 0 radical (unpaired) electrons. The standard InChI is InChI=1S/C60H104O6/c1-4-7-10-13-16-19-22-24-26-28-30-32-33-35-38-41-44-47-50-53-59(62)65-56-57(55-64-58(61)52-49-46-43-40-37-21-18-15-12-9-6-3)66-60(63)54-51-48-45-42-39-36-34-31-29-27-25-23-20-17-14-11-8-5-2/h7,10,16,19,24,26-27,29-30,32,35,38,57H,4-6,8-9,11-15,17-18,20-23,25,28,31,33-34,36-37,39-56H2,1-3H3/b10-7-,19-16-,26-24-,29-27-,32-30-,38-35-. The highest BCUT2D eigenvalue weighted by Crippen LogP contribution is 2.15. The number of carbonyl (C=O) groups is 3. The van der Waals surface area contributed by atoms with Crippen molar-refractivity contribution in [3.8, 4) is 0 Å². The third-order valence-electron chi connectivity index (χ3n) is 11.9. The first kappa shape index (κ1) is 62.8. The third-order valence-corrected chi connectivity index (χ3v) is 11.9. The van der Waals surface area contributed by atoms with Crippen molar-refractivity contribution in [2.75, 3.05) is 13.2 Å². The maximum absolute atomic E-state index is 12.8. The Hall–Kier alpha value is -3.15. The minimum absolute atomic E-state index is 0.0859. The molecule has 0 aromatic heterocycles. The molecule has 0 aliphatic carbocycles. The van der Waals surface area contributed by atoms with Crippen molar-refractivity contribution in [3.63, 3.8) is 0 Å². The van der Waals surface area contributed by atoms with Crippen LogP contribution in [-0.2, 0) is 28.6 Å². The number of hydrogen-bond acceptors (Lipinski definition) is 6. The first-order chi connectivity index (χ1) is 32.5. The average molecular weight is 921 g/mol. The van der Waals surface area contributed by atoms with Crippen molar-refractivity contribution in [1.82, 2.24) is 0 Å². The molecule has 0 bridgehead atoms.